The number of pyridine rings is 1. The van der Waals surface area contributed by atoms with Crippen LogP contribution in [-0.2, 0) is 30.7 Å². The molecule has 0 unspecified atom stereocenters. The predicted molar refractivity (Wildman–Crippen MR) is 202 cm³/mol. The number of aromatic nitrogens is 1. The van der Waals surface area contributed by atoms with Crippen LogP contribution in [0.4, 0.5) is 36.0 Å². The number of likely N-dealkylation sites (N-methyl/N-ethyl adjacent to an activating group) is 1. The van der Waals surface area contributed by atoms with Crippen LogP contribution in [0.15, 0.2) is 65.7 Å². The first kappa shape index (κ1) is 38.9. The summed E-state index contributed by atoms with van der Waals surface area (Å²) in [5, 5.41) is 15.2. The molecule has 3 N–H and O–H groups in total. The number of benzene rings is 3. The summed E-state index contributed by atoms with van der Waals surface area (Å²) in [4.78, 5) is 58.1. The Morgan fingerprint density at radius 1 is 1.07 bits per heavy atom. The minimum absolute atomic E-state index is 0.00646. The average molecular weight is 776 g/mol. The third-order valence-electron chi connectivity index (χ3n) is 9.34. The number of hydrogen-bond acceptors (Lipinski definition) is 10. The summed E-state index contributed by atoms with van der Waals surface area (Å²) in [5.74, 6) is -1.87. The molecular formula is C39H42FN5O9S. The van der Waals surface area contributed by atoms with Crippen LogP contribution in [0, 0.1) is 12.7 Å². The fourth-order valence-electron chi connectivity index (χ4n) is 6.52. The number of ether oxygens (including phenoxy) is 2. The van der Waals surface area contributed by atoms with Crippen molar-refractivity contribution in [2.24, 2.45) is 0 Å². The highest BCUT2D eigenvalue weighted by Crippen LogP contribution is 2.37. The van der Waals surface area contributed by atoms with Crippen molar-refractivity contribution in [2.45, 2.75) is 81.7 Å². The molecule has 0 radical (unpaired) electrons. The lowest BCUT2D eigenvalue weighted by Gasteiger charge is -2.28. The molecule has 1 aliphatic carbocycles. The van der Waals surface area contributed by atoms with Gasteiger partial charge in [0.05, 0.1) is 22.9 Å². The predicted octanol–water partition coefficient (Wildman–Crippen LogP) is 7.52. The highest BCUT2D eigenvalue weighted by molar-refractivity contribution is 7.92. The summed E-state index contributed by atoms with van der Waals surface area (Å²) in [7, 11) is -2.18. The third kappa shape index (κ3) is 8.33. The standard InChI is InChI=1S/C39H42FN5O9S/c1-21-15-23-7-12-28(21)22(2)20-53-36(47)43-25-9-14-32(55(51,52)27-10-11-27)24(16-25)19-44(6)35(46)33(23)42-26-8-13-29-30(17-26)31(40)18-41-34(29)45(37(48)49)38(50)54-39(3,4)5/h7-9,12-18,22,27,33,42H,10-11,19-20H2,1-6H3,(H,43,47)(H,48,49)/t22-,33+/m0/s1. The molecule has 0 spiro atoms. The lowest BCUT2D eigenvalue weighted by atomic mass is 9.93. The zero-order chi connectivity index (χ0) is 40.0. The third-order valence-corrected chi connectivity index (χ3v) is 11.7. The van der Waals surface area contributed by atoms with Gasteiger partial charge in [-0.05, 0) is 99.2 Å². The number of imide groups is 1. The lowest BCUT2D eigenvalue weighted by Crippen LogP contribution is -2.40. The number of rotatable bonds is 5. The number of sulfone groups is 1. The van der Waals surface area contributed by atoms with Crippen molar-refractivity contribution in [1.29, 1.82) is 0 Å². The summed E-state index contributed by atoms with van der Waals surface area (Å²) in [6, 6.07) is 13.0. The minimum atomic E-state index is -3.71. The number of carbonyl (C=O) groups is 4. The molecule has 1 saturated carbocycles. The van der Waals surface area contributed by atoms with Crippen molar-refractivity contribution in [1.82, 2.24) is 9.88 Å². The number of amides is 4. The van der Waals surface area contributed by atoms with Crippen LogP contribution in [0.1, 0.15) is 74.8 Å². The number of anilines is 3. The zero-order valence-electron chi connectivity index (χ0n) is 31.2. The van der Waals surface area contributed by atoms with E-state index in [-0.39, 0.29) is 46.2 Å². The topological polar surface area (TPSA) is 185 Å². The van der Waals surface area contributed by atoms with Crippen LogP contribution in [0.2, 0.25) is 0 Å². The van der Waals surface area contributed by atoms with Crippen molar-refractivity contribution in [3.63, 3.8) is 0 Å². The number of nitrogens with zero attached hydrogens (tertiary/aromatic N) is 3. The quantitative estimate of drug-likeness (QED) is 0.182. The Hall–Kier alpha value is -5.77. The van der Waals surface area contributed by atoms with E-state index in [1.165, 1.54) is 48.3 Å². The van der Waals surface area contributed by atoms with Crippen LogP contribution >= 0.6 is 0 Å². The van der Waals surface area contributed by atoms with Crippen molar-refractivity contribution in [3.05, 3.63) is 88.9 Å². The van der Waals surface area contributed by atoms with Gasteiger partial charge >= 0.3 is 18.3 Å². The van der Waals surface area contributed by atoms with Crippen LogP contribution in [0.5, 0.6) is 0 Å². The Morgan fingerprint density at radius 2 is 1.80 bits per heavy atom. The molecular weight excluding hydrogens is 734 g/mol. The molecule has 1 fully saturated rings. The van der Waals surface area contributed by atoms with E-state index in [0.29, 0.717) is 34.6 Å². The summed E-state index contributed by atoms with van der Waals surface area (Å²) in [6.45, 7) is 8.37. The number of carbonyl (C=O) groups excluding carboxylic acids is 3. The highest BCUT2D eigenvalue weighted by atomic mass is 32.2. The second-order valence-corrected chi connectivity index (χ2v) is 17.1. The van der Waals surface area contributed by atoms with Gasteiger partial charge in [0, 0.05) is 41.7 Å². The van der Waals surface area contributed by atoms with Gasteiger partial charge in [-0.15, -0.1) is 0 Å². The van der Waals surface area contributed by atoms with E-state index < -0.39 is 56.7 Å². The number of nitrogens with one attached hydrogen (secondary N) is 2. The van der Waals surface area contributed by atoms with Gasteiger partial charge < -0.3 is 24.8 Å². The van der Waals surface area contributed by atoms with Gasteiger partial charge in [-0.2, -0.15) is 4.90 Å². The lowest BCUT2D eigenvalue weighted by molar-refractivity contribution is -0.131. The normalized spacial score (nSPS) is 18.1. The largest absolute Gasteiger partial charge is 0.464 e. The number of aryl methyl sites for hydroxylation is 1. The Bertz CT molecular complexity index is 2320. The van der Waals surface area contributed by atoms with Crippen molar-refractivity contribution in [2.75, 3.05) is 29.2 Å². The van der Waals surface area contributed by atoms with E-state index in [2.05, 4.69) is 15.6 Å². The van der Waals surface area contributed by atoms with Crippen LogP contribution in [-0.4, -0.2) is 72.1 Å². The Labute approximate surface area is 317 Å². The molecule has 7 rings (SSSR count). The minimum Gasteiger partial charge on any atom is -0.464 e. The van der Waals surface area contributed by atoms with Crippen molar-refractivity contribution >= 4 is 62.0 Å². The van der Waals surface area contributed by atoms with Gasteiger partial charge in [0.1, 0.15) is 17.5 Å². The molecule has 4 bridgehead atoms. The smallest absolute Gasteiger partial charge is 0.425 e. The molecule has 3 heterocycles. The first-order valence-electron chi connectivity index (χ1n) is 17.6. The number of fused-ring (bicyclic) bond motifs is 10. The SMILES string of the molecule is Cc1cc2ccc1[C@@H](C)COC(=O)Nc1ccc(S(=O)(=O)C3CC3)c(c1)CN(C)C(=O)[C@@H]2Nc1ccc2c(N(C(=O)O)C(=O)OC(C)(C)C)ncc(F)c2c1. The maximum atomic E-state index is 15.4. The van der Waals surface area contributed by atoms with Gasteiger partial charge in [0.15, 0.2) is 15.7 Å². The second-order valence-electron chi connectivity index (χ2n) is 14.9. The van der Waals surface area contributed by atoms with Crippen LogP contribution < -0.4 is 15.5 Å². The van der Waals surface area contributed by atoms with Crippen molar-refractivity contribution in [3.8, 4) is 0 Å². The molecule has 290 valence electrons. The first-order valence-corrected chi connectivity index (χ1v) is 19.2. The van der Waals surface area contributed by atoms with Gasteiger partial charge in [-0.25, -0.2) is 32.2 Å². The van der Waals surface area contributed by atoms with Crippen LogP contribution in [0.25, 0.3) is 10.8 Å². The maximum Gasteiger partial charge on any atom is 0.425 e. The second kappa shape index (κ2) is 14.8. The van der Waals surface area contributed by atoms with Gasteiger partial charge in [-0.1, -0.05) is 25.1 Å². The first-order chi connectivity index (χ1) is 25.8. The molecule has 14 nitrogen and oxygen atoms in total. The Morgan fingerprint density at radius 3 is 2.45 bits per heavy atom. The molecule has 2 aliphatic heterocycles. The summed E-state index contributed by atoms with van der Waals surface area (Å²) >= 11 is 0. The van der Waals surface area contributed by atoms with Crippen molar-refractivity contribution < 1.29 is 46.6 Å². The van der Waals surface area contributed by atoms with E-state index >= 15 is 4.39 Å². The van der Waals surface area contributed by atoms with Gasteiger partial charge in [-0.3, -0.25) is 10.1 Å². The van der Waals surface area contributed by atoms with E-state index in [1.807, 2.05) is 26.0 Å². The zero-order valence-corrected chi connectivity index (χ0v) is 32.0. The van der Waals surface area contributed by atoms with Gasteiger partial charge in [0.2, 0.25) is 5.91 Å². The van der Waals surface area contributed by atoms with E-state index in [0.717, 1.165) is 17.3 Å². The molecule has 3 aromatic carbocycles. The Kier molecular flexibility index (Phi) is 10.5. The van der Waals surface area contributed by atoms with E-state index in [9.17, 15) is 32.7 Å². The fraction of sp³-hybridized carbons (Fsp3) is 0.359. The average Bonchev–Trinajstić information content (AvgIpc) is 3.96. The molecule has 1 aromatic heterocycles. The molecule has 2 atom stereocenters. The maximum absolute atomic E-state index is 15.4. The van der Waals surface area contributed by atoms with E-state index in [4.69, 9.17) is 9.47 Å². The van der Waals surface area contributed by atoms with Crippen LogP contribution in [0.3, 0.4) is 0 Å². The molecule has 0 saturated heterocycles. The van der Waals surface area contributed by atoms with Gasteiger partial charge in [0.25, 0.3) is 0 Å². The molecule has 4 amide bonds. The monoisotopic (exact) mass is 775 g/mol. The van der Waals surface area contributed by atoms with E-state index in [1.54, 1.807) is 26.8 Å². The fourth-order valence-corrected chi connectivity index (χ4v) is 8.39. The Balaban J connectivity index is 1.42. The highest BCUT2D eigenvalue weighted by Gasteiger charge is 2.39. The molecule has 3 aliphatic rings. The molecule has 4 aromatic rings. The number of carboxylic acid groups (broad SMARTS) is 1. The summed E-state index contributed by atoms with van der Waals surface area (Å²) in [6.07, 6.45) is -1.76. The summed E-state index contributed by atoms with van der Waals surface area (Å²) in [5.41, 5.74) is 2.05. The molecule has 16 heteroatoms. The number of halogens is 1. The molecule has 55 heavy (non-hydrogen) atoms. The summed E-state index contributed by atoms with van der Waals surface area (Å²) < 4.78 is 53.2. The number of hydrogen-bond donors (Lipinski definition) is 3.